The van der Waals surface area contributed by atoms with Crippen molar-refractivity contribution in [3.05, 3.63) is 34.1 Å². The van der Waals surface area contributed by atoms with Crippen LogP contribution in [0.1, 0.15) is 19.8 Å². The average molecular weight is 238 g/mol. The van der Waals surface area contributed by atoms with Gasteiger partial charge in [-0.15, -0.1) is 0 Å². The largest absolute Gasteiger partial charge is 0.369 e. The maximum absolute atomic E-state index is 13.8. The highest BCUT2D eigenvalue weighted by molar-refractivity contribution is 5.52. The van der Waals surface area contributed by atoms with E-state index in [1.54, 1.807) is 0 Å². The predicted molar refractivity (Wildman–Crippen MR) is 63.7 cm³/mol. The van der Waals surface area contributed by atoms with Crippen LogP contribution >= 0.6 is 0 Å². The van der Waals surface area contributed by atoms with E-state index in [0.717, 1.165) is 12.6 Å². The van der Waals surface area contributed by atoms with Crippen LogP contribution in [-0.4, -0.2) is 18.0 Å². The van der Waals surface area contributed by atoms with Gasteiger partial charge in [-0.1, -0.05) is 0 Å². The van der Waals surface area contributed by atoms with Crippen molar-refractivity contribution >= 4 is 11.4 Å². The van der Waals surface area contributed by atoms with Crippen molar-refractivity contribution in [1.82, 2.24) is 0 Å². The lowest BCUT2D eigenvalue weighted by Gasteiger charge is -2.23. The lowest BCUT2D eigenvalue weighted by atomic mass is 10.2. The molecule has 0 bridgehead atoms. The minimum absolute atomic E-state index is 0.200. The van der Waals surface area contributed by atoms with E-state index in [0.29, 0.717) is 18.2 Å². The van der Waals surface area contributed by atoms with Crippen molar-refractivity contribution in [2.24, 2.45) is 5.92 Å². The highest BCUT2D eigenvalue weighted by Gasteiger charge is 2.25. The number of halogens is 1. The van der Waals surface area contributed by atoms with Crippen molar-refractivity contribution in [1.29, 1.82) is 0 Å². The third-order valence-corrected chi connectivity index (χ3v) is 3.04. The van der Waals surface area contributed by atoms with Gasteiger partial charge < -0.3 is 4.90 Å². The Morgan fingerprint density at radius 1 is 1.53 bits per heavy atom. The molecule has 0 N–H and O–H groups in total. The molecule has 0 saturated heterocycles. The molecule has 0 unspecified atom stereocenters. The Kier molecular flexibility index (Phi) is 3.26. The number of nitro benzene ring substituents is 1. The molecule has 0 radical (unpaired) electrons. The number of nitro groups is 1. The number of non-ortho nitro benzene ring substituents is 1. The maximum atomic E-state index is 13.8. The van der Waals surface area contributed by atoms with Crippen LogP contribution in [0.3, 0.4) is 0 Å². The molecular weight excluding hydrogens is 223 g/mol. The summed E-state index contributed by atoms with van der Waals surface area (Å²) in [5.41, 5.74) is 0.263. The van der Waals surface area contributed by atoms with Gasteiger partial charge in [0, 0.05) is 19.2 Å². The SMILES string of the molecule is CCN(CC1CC1)c1ccc([N+](=O)[O-])cc1F. The Bertz CT molecular complexity index is 433. The van der Waals surface area contributed by atoms with Crippen molar-refractivity contribution in [2.75, 3.05) is 18.0 Å². The third-order valence-electron chi connectivity index (χ3n) is 3.04. The average Bonchev–Trinajstić information content (AvgIpc) is 3.10. The minimum atomic E-state index is -0.579. The summed E-state index contributed by atoms with van der Waals surface area (Å²) in [7, 11) is 0. The van der Waals surface area contributed by atoms with Gasteiger partial charge in [-0.3, -0.25) is 10.1 Å². The number of hydrogen-bond acceptors (Lipinski definition) is 3. The van der Waals surface area contributed by atoms with E-state index in [2.05, 4.69) is 0 Å². The first-order valence-electron chi connectivity index (χ1n) is 5.80. The molecule has 0 atom stereocenters. The van der Waals surface area contributed by atoms with Crippen LogP contribution in [0.4, 0.5) is 15.8 Å². The molecule has 0 aromatic heterocycles. The summed E-state index contributed by atoms with van der Waals surface area (Å²) in [6.45, 7) is 3.51. The van der Waals surface area contributed by atoms with Gasteiger partial charge in [0.25, 0.3) is 5.69 Å². The summed E-state index contributed by atoms with van der Waals surface area (Å²) in [6, 6.07) is 3.85. The molecule has 1 fully saturated rings. The molecule has 0 heterocycles. The number of benzene rings is 1. The zero-order valence-corrected chi connectivity index (χ0v) is 9.73. The fourth-order valence-electron chi connectivity index (χ4n) is 1.88. The van der Waals surface area contributed by atoms with Gasteiger partial charge in [-0.05, 0) is 31.7 Å². The Labute approximate surface area is 99.2 Å². The molecule has 1 saturated carbocycles. The summed E-state index contributed by atoms with van der Waals surface area (Å²) in [5, 5.41) is 10.5. The summed E-state index contributed by atoms with van der Waals surface area (Å²) in [5.74, 6) is 0.145. The van der Waals surface area contributed by atoms with Gasteiger partial charge in [0.1, 0.15) is 0 Å². The summed E-state index contributed by atoms with van der Waals surface area (Å²) in [4.78, 5) is 11.9. The van der Waals surface area contributed by atoms with Gasteiger partial charge in [0.05, 0.1) is 16.7 Å². The molecule has 92 valence electrons. The molecule has 2 rings (SSSR count). The van der Waals surface area contributed by atoms with Crippen LogP contribution in [-0.2, 0) is 0 Å². The fourth-order valence-corrected chi connectivity index (χ4v) is 1.88. The molecule has 1 aliphatic carbocycles. The highest BCUT2D eigenvalue weighted by Crippen LogP contribution is 2.32. The molecule has 0 amide bonds. The molecule has 4 nitrogen and oxygen atoms in total. The second-order valence-electron chi connectivity index (χ2n) is 4.37. The minimum Gasteiger partial charge on any atom is -0.369 e. The van der Waals surface area contributed by atoms with E-state index in [9.17, 15) is 14.5 Å². The third kappa shape index (κ3) is 2.72. The number of hydrogen-bond donors (Lipinski definition) is 0. The predicted octanol–water partition coefficient (Wildman–Crippen LogP) is 2.97. The van der Waals surface area contributed by atoms with E-state index in [1.165, 1.54) is 25.0 Å². The Morgan fingerprint density at radius 2 is 2.24 bits per heavy atom. The summed E-state index contributed by atoms with van der Waals surface area (Å²) >= 11 is 0. The topological polar surface area (TPSA) is 46.4 Å². The Hall–Kier alpha value is -1.65. The van der Waals surface area contributed by atoms with E-state index in [1.807, 2.05) is 11.8 Å². The molecule has 0 spiro atoms. The lowest BCUT2D eigenvalue weighted by molar-refractivity contribution is -0.385. The van der Waals surface area contributed by atoms with Gasteiger partial charge in [-0.2, -0.15) is 0 Å². The molecule has 1 aromatic rings. The van der Waals surface area contributed by atoms with Crippen molar-refractivity contribution in [3.8, 4) is 0 Å². The standard InChI is InChI=1S/C12H15FN2O2/c1-2-14(8-9-3-4-9)12-6-5-10(15(16)17)7-11(12)13/h5-7,9H,2-4,8H2,1H3. The quantitative estimate of drug-likeness (QED) is 0.585. The second-order valence-corrected chi connectivity index (χ2v) is 4.37. The van der Waals surface area contributed by atoms with Crippen LogP contribution in [0.5, 0.6) is 0 Å². The van der Waals surface area contributed by atoms with Crippen LogP contribution in [0.2, 0.25) is 0 Å². The van der Waals surface area contributed by atoms with Crippen LogP contribution in [0.25, 0.3) is 0 Å². The number of nitrogens with zero attached hydrogens (tertiary/aromatic N) is 2. The zero-order valence-electron chi connectivity index (χ0n) is 9.73. The summed E-state index contributed by atoms with van der Waals surface area (Å²) < 4.78 is 13.8. The van der Waals surface area contributed by atoms with E-state index < -0.39 is 10.7 Å². The first-order valence-corrected chi connectivity index (χ1v) is 5.80. The van der Waals surface area contributed by atoms with Crippen molar-refractivity contribution in [2.45, 2.75) is 19.8 Å². The maximum Gasteiger partial charge on any atom is 0.272 e. The number of rotatable bonds is 5. The molecule has 1 aromatic carbocycles. The second kappa shape index (κ2) is 4.69. The normalized spacial score (nSPS) is 14.7. The van der Waals surface area contributed by atoms with Gasteiger partial charge in [0.15, 0.2) is 5.82 Å². The van der Waals surface area contributed by atoms with Gasteiger partial charge in [-0.25, -0.2) is 4.39 Å². The van der Waals surface area contributed by atoms with E-state index in [4.69, 9.17) is 0 Å². The van der Waals surface area contributed by atoms with E-state index in [-0.39, 0.29) is 5.69 Å². The first kappa shape index (κ1) is 11.8. The van der Waals surface area contributed by atoms with Crippen molar-refractivity contribution < 1.29 is 9.31 Å². The Morgan fingerprint density at radius 3 is 2.71 bits per heavy atom. The highest BCUT2D eigenvalue weighted by atomic mass is 19.1. The number of anilines is 1. The lowest BCUT2D eigenvalue weighted by Crippen LogP contribution is -2.26. The first-order chi connectivity index (χ1) is 8.11. The van der Waals surface area contributed by atoms with Crippen molar-refractivity contribution in [3.63, 3.8) is 0 Å². The van der Waals surface area contributed by atoms with Crippen LogP contribution in [0, 0.1) is 21.8 Å². The van der Waals surface area contributed by atoms with E-state index >= 15 is 0 Å². The fraction of sp³-hybridized carbons (Fsp3) is 0.500. The molecule has 5 heteroatoms. The van der Waals surface area contributed by atoms with Gasteiger partial charge >= 0.3 is 0 Å². The molecular formula is C12H15FN2O2. The zero-order chi connectivity index (χ0) is 12.4. The molecule has 0 aliphatic heterocycles. The summed E-state index contributed by atoms with van der Waals surface area (Å²) in [6.07, 6.45) is 2.40. The van der Waals surface area contributed by atoms with Gasteiger partial charge in [0.2, 0.25) is 0 Å². The van der Waals surface area contributed by atoms with Crippen LogP contribution in [0.15, 0.2) is 18.2 Å². The smallest absolute Gasteiger partial charge is 0.272 e. The Balaban J connectivity index is 2.20. The monoisotopic (exact) mass is 238 g/mol. The molecule has 17 heavy (non-hydrogen) atoms. The van der Waals surface area contributed by atoms with Crippen LogP contribution < -0.4 is 4.90 Å². The molecule has 1 aliphatic rings.